The van der Waals surface area contributed by atoms with E-state index in [1.165, 1.54) is 0 Å². The number of aromatic amines is 1. The van der Waals surface area contributed by atoms with Gasteiger partial charge in [-0.2, -0.15) is 0 Å². The number of rotatable bonds is 3. The largest absolute Gasteiger partial charge is 0.383 e. The molecule has 15 heavy (non-hydrogen) atoms. The zero-order valence-electron chi connectivity index (χ0n) is 8.78. The zero-order valence-corrected chi connectivity index (χ0v) is 9.60. The van der Waals surface area contributed by atoms with Gasteiger partial charge < -0.3 is 9.72 Å². The highest BCUT2D eigenvalue weighted by molar-refractivity contribution is 7.71. The van der Waals surface area contributed by atoms with Gasteiger partial charge in [0.1, 0.15) is 0 Å². The standard InChI is InChI=1S/C10H13N3OS/c1-7-3-4-11-9-8(7)12-10(15)13(9)5-6-14-2/h3-4H,5-6H2,1-2H3,(H,12,15). The molecule has 2 aromatic heterocycles. The molecule has 0 saturated heterocycles. The molecule has 0 spiro atoms. The summed E-state index contributed by atoms with van der Waals surface area (Å²) < 4.78 is 7.70. The predicted octanol–water partition coefficient (Wildman–Crippen LogP) is 2.05. The van der Waals surface area contributed by atoms with Crippen molar-refractivity contribution in [1.82, 2.24) is 14.5 Å². The Kier molecular flexibility index (Phi) is 2.83. The Morgan fingerprint density at radius 3 is 3.13 bits per heavy atom. The average molecular weight is 223 g/mol. The number of H-pyrrole nitrogens is 1. The second-order valence-electron chi connectivity index (χ2n) is 3.40. The van der Waals surface area contributed by atoms with Crippen LogP contribution in [0.1, 0.15) is 5.56 Å². The highest BCUT2D eigenvalue weighted by atomic mass is 32.1. The Hall–Kier alpha value is -1.20. The van der Waals surface area contributed by atoms with Gasteiger partial charge in [0.2, 0.25) is 0 Å². The third-order valence-corrected chi connectivity index (χ3v) is 2.71. The van der Waals surface area contributed by atoms with Gasteiger partial charge in [0.15, 0.2) is 10.4 Å². The number of methoxy groups -OCH3 is 1. The molecule has 0 unspecified atom stereocenters. The number of aromatic nitrogens is 3. The van der Waals surface area contributed by atoms with E-state index in [1.54, 1.807) is 13.3 Å². The lowest BCUT2D eigenvalue weighted by molar-refractivity contribution is 0.188. The lowest BCUT2D eigenvalue weighted by Gasteiger charge is -2.02. The SMILES string of the molecule is COCCn1c(=S)[nH]c2c(C)ccnc21. The third-order valence-electron chi connectivity index (χ3n) is 2.39. The number of nitrogens with zero attached hydrogens (tertiary/aromatic N) is 2. The van der Waals surface area contributed by atoms with Crippen LogP contribution in [0, 0.1) is 11.7 Å². The molecule has 0 amide bonds. The molecule has 0 radical (unpaired) electrons. The Labute approximate surface area is 92.9 Å². The van der Waals surface area contributed by atoms with Crippen LogP contribution in [-0.4, -0.2) is 28.3 Å². The number of ether oxygens (including phenoxy) is 1. The van der Waals surface area contributed by atoms with Gasteiger partial charge in [-0.15, -0.1) is 0 Å². The van der Waals surface area contributed by atoms with Crippen LogP contribution in [0.25, 0.3) is 11.2 Å². The number of pyridine rings is 1. The van der Waals surface area contributed by atoms with Gasteiger partial charge in [0.25, 0.3) is 0 Å². The smallest absolute Gasteiger partial charge is 0.179 e. The molecular formula is C10H13N3OS. The molecule has 80 valence electrons. The van der Waals surface area contributed by atoms with Crippen molar-refractivity contribution < 1.29 is 4.74 Å². The van der Waals surface area contributed by atoms with Crippen LogP contribution in [0.3, 0.4) is 0 Å². The van der Waals surface area contributed by atoms with Crippen molar-refractivity contribution in [3.8, 4) is 0 Å². The number of hydrogen-bond donors (Lipinski definition) is 1. The normalized spacial score (nSPS) is 11.1. The zero-order chi connectivity index (χ0) is 10.8. The summed E-state index contributed by atoms with van der Waals surface area (Å²) in [6.07, 6.45) is 1.80. The first kappa shape index (κ1) is 10.3. The molecule has 0 aromatic carbocycles. The summed E-state index contributed by atoms with van der Waals surface area (Å²) in [4.78, 5) is 7.49. The summed E-state index contributed by atoms with van der Waals surface area (Å²) in [5, 5.41) is 0. The van der Waals surface area contributed by atoms with Gasteiger partial charge in [-0.05, 0) is 30.8 Å². The summed E-state index contributed by atoms with van der Waals surface area (Å²) in [5.41, 5.74) is 3.07. The first-order chi connectivity index (χ1) is 7.24. The summed E-state index contributed by atoms with van der Waals surface area (Å²) in [7, 11) is 1.68. The minimum absolute atomic E-state index is 0.636. The van der Waals surface area contributed by atoms with Gasteiger partial charge in [-0.1, -0.05) is 0 Å². The van der Waals surface area contributed by atoms with Gasteiger partial charge >= 0.3 is 0 Å². The maximum Gasteiger partial charge on any atom is 0.179 e. The monoisotopic (exact) mass is 223 g/mol. The van der Waals surface area contributed by atoms with Crippen LogP contribution in [-0.2, 0) is 11.3 Å². The van der Waals surface area contributed by atoms with E-state index in [2.05, 4.69) is 9.97 Å². The predicted molar refractivity (Wildman–Crippen MR) is 61.5 cm³/mol. The molecule has 0 atom stereocenters. The molecule has 0 fully saturated rings. The van der Waals surface area contributed by atoms with Crippen LogP contribution in [0.5, 0.6) is 0 Å². The van der Waals surface area contributed by atoms with Gasteiger partial charge in [0.05, 0.1) is 18.7 Å². The lowest BCUT2D eigenvalue weighted by Crippen LogP contribution is -2.04. The molecule has 2 heterocycles. The highest BCUT2D eigenvalue weighted by Crippen LogP contribution is 2.14. The molecule has 4 nitrogen and oxygen atoms in total. The average Bonchev–Trinajstić information content (AvgIpc) is 2.54. The Morgan fingerprint density at radius 2 is 2.40 bits per heavy atom. The lowest BCUT2D eigenvalue weighted by atomic mass is 10.3. The van der Waals surface area contributed by atoms with E-state index in [4.69, 9.17) is 17.0 Å². The maximum atomic E-state index is 5.24. The minimum Gasteiger partial charge on any atom is -0.383 e. The number of imidazole rings is 1. The maximum absolute atomic E-state index is 5.24. The summed E-state index contributed by atoms with van der Waals surface area (Å²) in [6.45, 7) is 3.40. The first-order valence-corrected chi connectivity index (χ1v) is 5.18. The van der Waals surface area contributed by atoms with Crippen LogP contribution in [0.2, 0.25) is 0 Å². The highest BCUT2D eigenvalue weighted by Gasteiger charge is 2.06. The number of aryl methyl sites for hydroxylation is 1. The molecule has 0 bridgehead atoms. The second kappa shape index (κ2) is 4.12. The van der Waals surface area contributed by atoms with E-state index in [0.29, 0.717) is 11.4 Å². The first-order valence-electron chi connectivity index (χ1n) is 4.77. The molecule has 0 aliphatic rings. The van der Waals surface area contributed by atoms with Crippen molar-refractivity contribution in [2.45, 2.75) is 13.5 Å². The quantitative estimate of drug-likeness (QED) is 0.810. The van der Waals surface area contributed by atoms with Gasteiger partial charge in [-0.3, -0.25) is 4.57 Å². The third kappa shape index (κ3) is 1.80. The minimum atomic E-state index is 0.636. The van der Waals surface area contributed by atoms with E-state index in [9.17, 15) is 0 Å². The molecule has 0 aliphatic carbocycles. The summed E-state index contributed by atoms with van der Waals surface area (Å²) >= 11 is 5.24. The van der Waals surface area contributed by atoms with Crippen molar-refractivity contribution in [2.24, 2.45) is 0 Å². The van der Waals surface area contributed by atoms with Crippen molar-refractivity contribution in [1.29, 1.82) is 0 Å². The van der Waals surface area contributed by atoms with Gasteiger partial charge in [-0.25, -0.2) is 4.98 Å². The molecule has 2 aromatic rings. The van der Waals surface area contributed by atoms with Crippen molar-refractivity contribution in [3.05, 3.63) is 22.6 Å². The van der Waals surface area contributed by atoms with Crippen LogP contribution in [0.4, 0.5) is 0 Å². The van der Waals surface area contributed by atoms with E-state index in [-0.39, 0.29) is 0 Å². The fourth-order valence-electron chi connectivity index (χ4n) is 1.56. The van der Waals surface area contributed by atoms with Crippen LogP contribution >= 0.6 is 12.2 Å². The molecule has 0 saturated carbocycles. The summed E-state index contributed by atoms with van der Waals surface area (Å²) in [6, 6.07) is 1.97. The van der Waals surface area contributed by atoms with Crippen molar-refractivity contribution >= 4 is 23.4 Å². The second-order valence-corrected chi connectivity index (χ2v) is 3.79. The van der Waals surface area contributed by atoms with Crippen LogP contribution in [0.15, 0.2) is 12.3 Å². The Bertz CT molecular complexity index is 529. The fraction of sp³-hybridized carbons (Fsp3) is 0.400. The topological polar surface area (TPSA) is 42.8 Å². The van der Waals surface area contributed by atoms with E-state index < -0.39 is 0 Å². The fourth-order valence-corrected chi connectivity index (χ4v) is 1.84. The van der Waals surface area contributed by atoms with E-state index >= 15 is 0 Å². The number of hydrogen-bond acceptors (Lipinski definition) is 3. The number of fused-ring (bicyclic) bond motifs is 1. The Morgan fingerprint density at radius 1 is 1.60 bits per heavy atom. The Balaban J connectivity index is 2.58. The summed E-state index contributed by atoms with van der Waals surface area (Å²) in [5.74, 6) is 0. The number of nitrogens with one attached hydrogen (secondary N) is 1. The van der Waals surface area contributed by atoms with Crippen LogP contribution < -0.4 is 0 Å². The molecular weight excluding hydrogens is 210 g/mol. The molecule has 2 rings (SSSR count). The van der Waals surface area contributed by atoms with E-state index in [1.807, 2.05) is 17.6 Å². The van der Waals surface area contributed by atoms with Gasteiger partial charge in [0, 0.05) is 13.3 Å². The van der Waals surface area contributed by atoms with Crippen molar-refractivity contribution in [2.75, 3.05) is 13.7 Å². The van der Waals surface area contributed by atoms with E-state index in [0.717, 1.165) is 23.3 Å². The molecule has 1 N–H and O–H groups in total. The molecule has 0 aliphatic heterocycles. The van der Waals surface area contributed by atoms with Crippen molar-refractivity contribution in [3.63, 3.8) is 0 Å². The molecule has 5 heteroatoms.